The smallest absolute Gasteiger partial charge is 0.227 e. The van der Waals surface area contributed by atoms with E-state index in [4.69, 9.17) is 0 Å². The summed E-state index contributed by atoms with van der Waals surface area (Å²) in [6.07, 6.45) is 4.15. The van der Waals surface area contributed by atoms with Crippen molar-refractivity contribution < 1.29 is 4.79 Å². The largest absolute Gasteiger partial charge is 0.311 e. The van der Waals surface area contributed by atoms with Crippen molar-refractivity contribution in [3.8, 4) is 0 Å². The molecule has 0 spiro atoms. The number of anilines is 1. The van der Waals surface area contributed by atoms with E-state index in [0.717, 1.165) is 21.1 Å². The van der Waals surface area contributed by atoms with E-state index in [0.29, 0.717) is 13.0 Å². The Morgan fingerprint density at radius 1 is 1.42 bits per heavy atom. The number of hydrogen-bond donors (Lipinski definition) is 0. The van der Waals surface area contributed by atoms with Crippen molar-refractivity contribution in [2.45, 2.75) is 6.42 Å². The van der Waals surface area contributed by atoms with Crippen molar-refractivity contribution in [3.05, 3.63) is 47.6 Å². The van der Waals surface area contributed by atoms with Crippen molar-refractivity contribution in [1.29, 1.82) is 0 Å². The summed E-state index contributed by atoms with van der Waals surface area (Å²) in [5.74, 6) is 0.389. The fourth-order valence-corrected chi connectivity index (χ4v) is 2.83. The second-order valence-corrected chi connectivity index (χ2v) is 5.61. The summed E-state index contributed by atoms with van der Waals surface area (Å²) in [5, 5.41) is 0.995. The van der Waals surface area contributed by atoms with Gasteiger partial charge in [0.05, 0.1) is 11.2 Å². The molecule has 0 saturated carbocycles. The number of rotatable bonds is 2. The molecule has 3 nitrogen and oxygen atoms in total. The molecular weight excluding hydrogens is 304 g/mol. The van der Waals surface area contributed by atoms with Gasteiger partial charge in [-0.25, -0.2) is 0 Å². The molecule has 1 unspecified atom stereocenters. The van der Waals surface area contributed by atoms with Crippen LogP contribution in [0.15, 0.2) is 47.6 Å². The summed E-state index contributed by atoms with van der Waals surface area (Å²) in [4.78, 5) is 18.3. The molecule has 1 fully saturated rings. The summed E-state index contributed by atoms with van der Waals surface area (Å²) in [6, 6.07) is 7.82. The Hall–Kier alpha value is -1.68. The average molecular weight is 317 g/mol. The molecule has 96 valence electrons. The molecule has 0 bridgehead atoms. The Labute approximate surface area is 120 Å². The van der Waals surface area contributed by atoms with Crippen LogP contribution in [0.25, 0.3) is 10.9 Å². The second kappa shape index (κ2) is 4.78. The standard InChI is InChI=1S/C15H13BrN2O/c1-2-10-7-15(19)18(9-10)14-5-6-17-13-4-3-11(16)8-12(13)14/h2-6,8,10H,1,7,9H2. The Balaban J connectivity index is 2.12. The van der Waals surface area contributed by atoms with Gasteiger partial charge in [0.1, 0.15) is 0 Å². The van der Waals surface area contributed by atoms with E-state index in [1.807, 2.05) is 35.2 Å². The minimum Gasteiger partial charge on any atom is -0.311 e. The number of benzene rings is 1. The number of hydrogen-bond acceptors (Lipinski definition) is 2. The van der Waals surface area contributed by atoms with Gasteiger partial charge >= 0.3 is 0 Å². The van der Waals surface area contributed by atoms with Crippen LogP contribution in [0.1, 0.15) is 6.42 Å². The molecule has 1 aliphatic heterocycles. The number of halogens is 1. The van der Waals surface area contributed by atoms with Crippen molar-refractivity contribution in [1.82, 2.24) is 4.98 Å². The zero-order valence-corrected chi connectivity index (χ0v) is 11.9. The molecule has 3 rings (SSSR count). The Morgan fingerprint density at radius 2 is 2.26 bits per heavy atom. The van der Waals surface area contributed by atoms with E-state index in [-0.39, 0.29) is 11.8 Å². The molecule has 1 atom stereocenters. The third-order valence-electron chi connectivity index (χ3n) is 3.46. The maximum Gasteiger partial charge on any atom is 0.227 e. The van der Waals surface area contributed by atoms with Crippen LogP contribution in [0.5, 0.6) is 0 Å². The summed E-state index contributed by atoms with van der Waals surface area (Å²) < 4.78 is 0.987. The second-order valence-electron chi connectivity index (χ2n) is 4.70. The van der Waals surface area contributed by atoms with E-state index >= 15 is 0 Å². The highest BCUT2D eigenvalue weighted by molar-refractivity contribution is 9.10. The Bertz CT molecular complexity index is 668. The first-order valence-electron chi connectivity index (χ1n) is 6.16. The maximum atomic E-state index is 12.1. The molecule has 1 aliphatic rings. The van der Waals surface area contributed by atoms with Gasteiger partial charge in [-0.1, -0.05) is 22.0 Å². The first-order chi connectivity index (χ1) is 9.19. The van der Waals surface area contributed by atoms with E-state index < -0.39 is 0 Å². The molecule has 1 aromatic carbocycles. The molecule has 2 heterocycles. The number of fused-ring (bicyclic) bond motifs is 1. The van der Waals surface area contributed by atoms with Crippen LogP contribution in [0.3, 0.4) is 0 Å². The molecule has 0 radical (unpaired) electrons. The number of aromatic nitrogens is 1. The van der Waals surface area contributed by atoms with Crippen LogP contribution >= 0.6 is 15.9 Å². The molecule has 4 heteroatoms. The van der Waals surface area contributed by atoms with Gasteiger partial charge in [0.15, 0.2) is 0 Å². The molecule has 1 aromatic heterocycles. The number of nitrogens with zero attached hydrogens (tertiary/aromatic N) is 2. The fourth-order valence-electron chi connectivity index (χ4n) is 2.47. The number of carbonyl (C=O) groups excluding carboxylic acids is 1. The third kappa shape index (κ3) is 2.16. The Kier molecular flexibility index (Phi) is 3.11. The minimum atomic E-state index is 0.150. The van der Waals surface area contributed by atoms with Gasteiger partial charge in [-0.2, -0.15) is 0 Å². The first-order valence-corrected chi connectivity index (χ1v) is 6.95. The molecule has 1 saturated heterocycles. The summed E-state index contributed by atoms with van der Waals surface area (Å²) >= 11 is 3.47. The lowest BCUT2D eigenvalue weighted by atomic mass is 10.1. The van der Waals surface area contributed by atoms with E-state index in [1.165, 1.54) is 0 Å². The summed E-state index contributed by atoms with van der Waals surface area (Å²) in [6.45, 7) is 4.49. The maximum absolute atomic E-state index is 12.1. The molecular formula is C15H13BrN2O. The van der Waals surface area contributed by atoms with Crippen molar-refractivity contribution in [2.24, 2.45) is 5.92 Å². The van der Waals surface area contributed by atoms with Crippen LogP contribution < -0.4 is 4.90 Å². The van der Waals surface area contributed by atoms with Crippen LogP contribution in [0.2, 0.25) is 0 Å². The first kappa shape index (κ1) is 12.4. The van der Waals surface area contributed by atoms with Crippen LogP contribution in [-0.4, -0.2) is 17.4 Å². The van der Waals surface area contributed by atoms with Gasteiger partial charge in [-0.3, -0.25) is 9.78 Å². The highest BCUT2D eigenvalue weighted by Gasteiger charge is 2.29. The lowest BCUT2D eigenvalue weighted by Crippen LogP contribution is -2.24. The topological polar surface area (TPSA) is 33.2 Å². The van der Waals surface area contributed by atoms with Crippen LogP contribution in [-0.2, 0) is 4.79 Å². The van der Waals surface area contributed by atoms with E-state index in [9.17, 15) is 4.79 Å². The fraction of sp³-hybridized carbons (Fsp3) is 0.200. The van der Waals surface area contributed by atoms with Crippen molar-refractivity contribution >= 4 is 38.4 Å². The molecule has 0 aliphatic carbocycles. The van der Waals surface area contributed by atoms with Crippen LogP contribution in [0, 0.1) is 5.92 Å². The van der Waals surface area contributed by atoms with Gasteiger partial charge < -0.3 is 4.90 Å². The minimum absolute atomic E-state index is 0.150. The average Bonchev–Trinajstić information content (AvgIpc) is 2.79. The zero-order valence-electron chi connectivity index (χ0n) is 10.3. The summed E-state index contributed by atoms with van der Waals surface area (Å²) in [5.41, 5.74) is 1.83. The number of carbonyl (C=O) groups is 1. The molecule has 0 N–H and O–H groups in total. The van der Waals surface area contributed by atoms with Gasteiger partial charge in [0.2, 0.25) is 5.91 Å². The van der Waals surface area contributed by atoms with Gasteiger partial charge in [0.25, 0.3) is 0 Å². The normalized spacial score (nSPS) is 19.1. The van der Waals surface area contributed by atoms with Gasteiger partial charge in [-0.05, 0) is 24.3 Å². The third-order valence-corrected chi connectivity index (χ3v) is 3.95. The quantitative estimate of drug-likeness (QED) is 0.794. The number of pyridine rings is 1. The molecule has 19 heavy (non-hydrogen) atoms. The number of amides is 1. The molecule has 1 amide bonds. The SMILES string of the molecule is C=CC1CC(=O)N(c2ccnc3ccc(Br)cc23)C1. The van der Waals surface area contributed by atoms with E-state index in [2.05, 4.69) is 27.5 Å². The van der Waals surface area contributed by atoms with Gasteiger partial charge in [-0.15, -0.1) is 6.58 Å². The van der Waals surface area contributed by atoms with Gasteiger partial charge in [0, 0.05) is 34.9 Å². The van der Waals surface area contributed by atoms with Crippen molar-refractivity contribution in [3.63, 3.8) is 0 Å². The monoisotopic (exact) mass is 316 g/mol. The highest BCUT2D eigenvalue weighted by Crippen LogP contribution is 2.32. The molecule has 2 aromatic rings. The van der Waals surface area contributed by atoms with Crippen molar-refractivity contribution in [2.75, 3.05) is 11.4 Å². The van der Waals surface area contributed by atoms with E-state index in [1.54, 1.807) is 6.20 Å². The Morgan fingerprint density at radius 3 is 3.00 bits per heavy atom. The lowest BCUT2D eigenvalue weighted by molar-refractivity contribution is -0.117. The lowest BCUT2D eigenvalue weighted by Gasteiger charge is -2.18. The zero-order chi connectivity index (χ0) is 13.4. The predicted octanol–water partition coefficient (Wildman–Crippen LogP) is 3.54. The highest BCUT2D eigenvalue weighted by atomic mass is 79.9. The summed E-state index contributed by atoms with van der Waals surface area (Å²) in [7, 11) is 0. The van der Waals surface area contributed by atoms with Crippen LogP contribution in [0.4, 0.5) is 5.69 Å². The predicted molar refractivity (Wildman–Crippen MR) is 80.1 cm³/mol.